The van der Waals surface area contributed by atoms with Gasteiger partial charge in [0.1, 0.15) is 11.6 Å². The lowest BCUT2D eigenvalue weighted by molar-refractivity contribution is 0.242. The zero-order chi connectivity index (χ0) is 9.14. The van der Waals surface area contributed by atoms with Crippen LogP contribution in [0.5, 0.6) is 5.75 Å². The van der Waals surface area contributed by atoms with Crippen LogP contribution in [0, 0.1) is 9.39 Å². The van der Waals surface area contributed by atoms with Crippen LogP contribution in [0.25, 0.3) is 0 Å². The molecule has 1 rings (SSSR count). The van der Waals surface area contributed by atoms with Gasteiger partial charge in [0.25, 0.3) is 0 Å². The molecule has 1 aromatic rings. The molecule has 0 spiro atoms. The zero-order valence-corrected chi connectivity index (χ0v) is 9.13. The highest BCUT2D eigenvalue weighted by Crippen LogP contribution is 2.19. The summed E-state index contributed by atoms with van der Waals surface area (Å²) in [6.45, 7) is 3.88. The summed E-state index contributed by atoms with van der Waals surface area (Å²) >= 11 is 1.94. The van der Waals surface area contributed by atoms with Gasteiger partial charge < -0.3 is 4.74 Å². The summed E-state index contributed by atoms with van der Waals surface area (Å²) in [6, 6.07) is 4.74. The highest BCUT2D eigenvalue weighted by atomic mass is 127. The molecule has 1 nitrogen and oxygen atoms in total. The van der Waals surface area contributed by atoms with Gasteiger partial charge in [-0.3, -0.25) is 0 Å². The van der Waals surface area contributed by atoms with Gasteiger partial charge in [0, 0.05) is 0 Å². The molecular formula is C9H10FIO. The van der Waals surface area contributed by atoms with E-state index >= 15 is 0 Å². The van der Waals surface area contributed by atoms with Gasteiger partial charge in [0.15, 0.2) is 0 Å². The van der Waals surface area contributed by atoms with Crippen LogP contribution in [-0.2, 0) is 0 Å². The van der Waals surface area contributed by atoms with Crippen LogP contribution in [0.3, 0.4) is 0 Å². The predicted molar refractivity (Wildman–Crippen MR) is 54.9 cm³/mol. The summed E-state index contributed by atoms with van der Waals surface area (Å²) in [7, 11) is 0. The molecule has 0 aliphatic heterocycles. The molecular weight excluding hydrogens is 270 g/mol. The molecule has 0 fully saturated rings. The van der Waals surface area contributed by atoms with E-state index in [4.69, 9.17) is 4.74 Å². The number of ether oxygens (including phenoxy) is 1. The van der Waals surface area contributed by atoms with Gasteiger partial charge in [-0.15, -0.1) is 0 Å². The maximum absolute atomic E-state index is 12.8. The first-order valence-electron chi connectivity index (χ1n) is 3.71. The Bertz CT molecular complexity index is 273. The number of benzene rings is 1. The first kappa shape index (κ1) is 9.77. The van der Waals surface area contributed by atoms with E-state index in [1.165, 1.54) is 6.07 Å². The fourth-order valence-electron chi connectivity index (χ4n) is 0.822. The summed E-state index contributed by atoms with van der Waals surface area (Å²) in [5, 5.41) is 0. The Morgan fingerprint density at radius 1 is 1.42 bits per heavy atom. The summed E-state index contributed by atoms with van der Waals surface area (Å²) in [5.41, 5.74) is 0. The highest BCUT2D eigenvalue weighted by Gasteiger charge is 2.01. The van der Waals surface area contributed by atoms with Crippen molar-refractivity contribution in [3.8, 4) is 5.75 Å². The van der Waals surface area contributed by atoms with Crippen molar-refractivity contribution >= 4 is 22.6 Å². The van der Waals surface area contributed by atoms with Gasteiger partial charge in [-0.05, 0) is 54.6 Å². The zero-order valence-electron chi connectivity index (χ0n) is 6.97. The minimum Gasteiger partial charge on any atom is -0.491 e. The topological polar surface area (TPSA) is 9.23 Å². The number of halogens is 2. The Morgan fingerprint density at radius 2 is 2.08 bits per heavy atom. The van der Waals surface area contributed by atoms with Crippen molar-refractivity contribution in [3.05, 3.63) is 27.6 Å². The quantitative estimate of drug-likeness (QED) is 0.756. The Morgan fingerprint density at radius 3 is 2.58 bits per heavy atom. The van der Waals surface area contributed by atoms with E-state index in [0.717, 1.165) is 5.75 Å². The Hall–Kier alpha value is -0.320. The molecule has 0 atom stereocenters. The van der Waals surface area contributed by atoms with Gasteiger partial charge in [0.2, 0.25) is 0 Å². The van der Waals surface area contributed by atoms with Crippen molar-refractivity contribution in [2.45, 2.75) is 20.0 Å². The molecule has 0 heterocycles. The summed E-state index contributed by atoms with van der Waals surface area (Å²) in [5.74, 6) is 0.516. The SMILES string of the molecule is CC(C)Oc1ccc(F)c(I)c1. The molecule has 1 aromatic carbocycles. The average Bonchev–Trinajstić information content (AvgIpc) is 1.96. The first-order valence-corrected chi connectivity index (χ1v) is 4.79. The van der Waals surface area contributed by atoms with E-state index in [9.17, 15) is 4.39 Å². The second-order valence-electron chi connectivity index (χ2n) is 2.74. The Balaban J connectivity index is 2.82. The molecule has 0 saturated carbocycles. The summed E-state index contributed by atoms with van der Waals surface area (Å²) < 4.78 is 18.7. The molecule has 0 unspecified atom stereocenters. The fraction of sp³-hybridized carbons (Fsp3) is 0.333. The van der Waals surface area contributed by atoms with Crippen LogP contribution in [0.15, 0.2) is 18.2 Å². The summed E-state index contributed by atoms with van der Waals surface area (Å²) in [6.07, 6.45) is 0.131. The van der Waals surface area contributed by atoms with Crippen LogP contribution in [0.2, 0.25) is 0 Å². The molecule has 3 heteroatoms. The van der Waals surface area contributed by atoms with Crippen molar-refractivity contribution in [2.24, 2.45) is 0 Å². The van der Waals surface area contributed by atoms with Crippen LogP contribution < -0.4 is 4.74 Å². The maximum atomic E-state index is 12.8. The molecule has 0 aromatic heterocycles. The van der Waals surface area contributed by atoms with E-state index < -0.39 is 0 Å². The van der Waals surface area contributed by atoms with E-state index in [-0.39, 0.29) is 11.9 Å². The molecule has 12 heavy (non-hydrogen) atoms. The number of hydrogen-bond acceptors (Lipinski definition) is 1. The highest BCUT2D eigenvalue weighted by molar-refractivity contribution is 14.1. The van der Waals surface area contributed by atoms with Crippen LogP contribution >= 0.6 is 22.6 Å². The van der Waals surface area contributed by atoms with Crippen molar-refractivity contribution in [1.29, 1.82) is 0 Å². The third-order valence-corrected chi connectivity index (χ3v) is 2.09. The van der Waals surface area contributed by atoms with E-state index in [0.29, 0.717) is 3.57 Å². The van der Waals surface area contributed by atoms with Crippen molar-refractivity contribution in [2.75, 3.05) is 0 Å². The molecule has 0 aliphatic carbocycles. The van der Waals surface area contributed by atoms with Crippen molar-refractivity contribution < 1.29 is 9.13 Å². The Labute approximate surface area is 85.1 Å². The lowest BCUT2D eigenvalue weighted by atomic mass is 10.3. The molecule has 0 N–H and O–H groups in total. The molecule has 0 saturated heterocycles. The van der Waals surface area contributed by atoms with Crippen LogP contribution in [0.1, 0.15) is 13.8 Å². The second-order valence-corrected chi connectivity index (χ2v) is 3.90. The third kappa shape index (κ3) is 2.62. The third-order valence-electron chi connectivity index (χ3n) is 1.26. The molecule has 0 aliphatic rings. The van der Waals surface area contributed by atoms with E-state index in [2.05, 4.69) is 0 Å². The summed E-state index contributed by atoms with van der Waals surface area (Å²) in [4.78, 5) is 0. The average molecular weight is 280 g/mol. The monoisotopic (exact) mass is 280 g/mol. The lowest BCUT2D eigenvalue weighted by Gasteiger charge is -2.09. The maximum Gasteiger partial charge on any atom is 0.136 e. The van der Waals surface area contributed by atoms with Gasteiger partial charge in [-0.1, -0.05) is 0 Å². The standard InChI is InChI=1S/C9H10FIO/c1-6(2)12-7-3-4-8(10)9(11)5-7/h3-6H,1-2H3. The molecule has 0 radical (unpaired) electrons. The minimum absolute atomic E-state index is 0.131. The fourth-order valence-corrected chi connectivity index (χ4v) is 1.31. The van der Waals surface area contributed by atoms with Gasteiger partial charge in [-0.25, -0.2) is 4.39 Å². The first-order chi connectivity index (χ1) is 5.59. The second kappa shape index (κ2) is 4.07. The normalized spacial score (nSPS) is 10.4. The Kier molecular flexibility index (Phi) is 3.31. The minimum atomic E-state index is -0.202. The van der Waals surface area contributed by atoms with Gasteiger partial charge in [0.05, 0.1) is 9.67 Å². The molecule has 0 amide bonds. The largest absolute Gasteiger partial charge is 0.491 e. The molecule has 0 bridgehead atoms. The van der Waals surface area contributed by atoms with Crippen molar-refractivity contribution in [1.82, 2.24) is 0 Å². The van der Waals surface area contributed by atoms with Crippen LogP contribution in [-0.4, -0.2) is 6.10 Å². The number of hydrogen-bond donors (Lipinski definition) is 0. The van der Waals surface area contributed by atoms with Crippen molar-refractivity contribution in [3.63, 3.8) is 0 Å². The lowest BCUT2D eigenvalue weighted by Crippen LogP contribution is -2.05. The van der Waals surface area contributed by atoms with Crippen LogP contribution in [0.4, 0.5) is 4.39 Å². The smallest absolute Gasteiger partial charge is 0.136 e. The van der Waals surface area contributed by atoms with E-state index in [1.807, 2.05) is 36.4 Å². The van der Waals surface area contributed by atoms with Gasteiger partial charge in [-0.2, -0.15) is 0 Å². The van der Waals surface area contributed by atoms with Gasteiger partial charge >= 0.3 is 0 Å². The predicted octanol–water partition coefficient (Wildman–Crippen LogP) is 3.22. The number of rotatable bonds is 2. The molecule has 66 valence electrons. The van der Waals surface area contributed by atoms with E-state index in [1.54, 1.807) is 12.1 Å².